The van der Waals surface area contributed by atoms with E-state index in [2.05, 4.69) is 15.5 Å². The smallest absolute Gasteiger partial charge is 0.361 e. The van der Waals surface area contributed by atoms with E-state index in [0.717, 1.165) is 29.7 Å². The van der Waals surface area contributed by atoms with Crippen LogP contribution in [-0.4, -0.2) is 40.0 Å². The van der Waals surface area contributed by atoms with Gasteiger partial charge in [0.25, 0.3) is 5.91 Å². The molecule has 0 radical (unpaired) electrons. The van der Waals surface area contributed by atoms with E-state index in [4.69, 9.17) is 4.74 Å². The number of carbonyl (C=O) groups excluding carboxylic acids is 2. The minimum Gasteiger partial charge on any atom is -0.451 e. The van der Waals surface area contributed by atoms with Crippen molar-refractivity contribution in [2.24, 2.45) is 5.92 Å². The van der Waals surface area contributed by atoms with Crippen LogP contribution >= 0.6 is 0 Å². The number of nitrogens with one attached hydrogen (secondary N) is 1. The maximum atomic E-state index is 12.2. The van der Waals surface area contributed by atoms with Gasteiger partial charge in [-0.05, 0) is 51.2 Å². The van der Waals surface area contributed by atoms with E-state index in [1.165, 1.54) is 4.80 Å². The van der Waals surface area contributed by atoms with E-state index >= 15 is 0 Å². The van der Waals surface area contributed by atoms with Crippen LogP contribution < -0.4 is 5.32 Å². The van der Waals surface area contributed by atoms with E-state index in [1.54, 1.807) is 6.92 Å². The summed E-state index contributed by atoms with van der Waals surface area (Å²) in [5, 5.41) is 11.3. The van der Waals surface area contributed by atoms with Crippen molar-refractivity contribution in [1.82, 2.24) is 20.3 Å². The van der Waals surface area contributed by atoms with Crippen molar-refractivity contribution in [1.29, 1.82) is 0 Å². The molecule has 0 saturated heterocycles. The number of benzene rings is 1. The van der Waals surface area contributed by atoms with Crippen LogP contribution in [-0.2, 0) is 9.53 Å². The maximum Gasteiger partial charge on any atom is 0.361 e. The molecule has 1 heterocycles. The summed E-state index contributed by atoms with van der Waals surface area (Å²) >= 11 is 0. The number of hydrogen-bond acceptors (Lipinski definition) is 5. The Morgan fingerprint density at radius 3 is 2.68 bits per heavy atom. The molecule has 0 aliphatic heterocycles. The Hall–Kier alpha value is -2.70. The molecule has 1 amide bonds. The number of nitrogens with zero attached hydrogens (tertiary/aromatic N) is 3. The third kappa shape index (κ3) is 4.23. The normalized spacial score (nSPS) is 13.6. The van der Waals surface area contributed by atoms with Gasteiger partial charge in [-0.25, -0.2) is 4.79 Å². The molecule has 1 fully saturated rings. The fourth-order valence-corrected chi connectivity index (χ4v) is 2.54. The predicted molar refractivity (Wildman–Crippen MR) is 91.6 cm³/mol. The molecule has 0 unspecified atom stereocenters. The number of carbonyl (C=O) groups is 2. The molecule has 2 aromatic rings. The van der Waals surface area contributed by atoms with Crippen LogP contribution in [0.4, 0.5) is 0 Å². The van der Waals surface area contributed by atoms with Crippen molar-refractivity contribution >= 4 is 11.9 Å². The number of rotatable bonds is 6. The fraction of sp³-hybridized carbons (Fsp3) is 0.444. The Bertz CT molecular complexity index is 809. The summed E-state index contributed by atoms with van der Waals surface area (Å²) in [5.74, 6) is -0.352. The van der Waals surface area contributed by atoms with Crippen LogP contribution in [0.2, 0.25) is 0 Å². The van der Waals surface area contributed by atoms with Crippen LogP contribution in [0.25, 0.3) is 5.69 Å². The molecule has 1 aromatic heterocycles. The molecule has 7 heteroatoms. The highest BCUT2D eigenvalue weighted by molar-refractivity contribution is 5.90. The highest BCUT2D eigenvalue weighted by atomic mass is 16.5. The monoisotopic (exact) mass is 342 g/mol. The summed E-state index contributed by atoms with van der Waals surface area (Å²) in [7, 11) is 0. The Kier molecular flexibility index (Phi) is 4.83. The first kappa shape index (κ1) is 17.1. The summed E-state index contributed by atoms with van der Waals surface area (Å²) in [5.41, 5.74) is 3.53. The average Bonchev–Trinajstić information content (AvgIpc) is 3.32. The number of hydrogen-bond donors (Lipinski definition) is 1. The Labute approximate surface area is 146 Å². The van der Waals surface area contributed by atoms with Gasteiger partial charge in [0.1, 0.15) is 0 Å². The van der Waals surface area contributed by atoms with E-state index < -0.39 is 5.97 Å². The molecule has 1 N–H and O–H groups in total. The van der Waals surface area contributed by atoms with Gasteiger partial charge in [-0.3, -0.25) is 4.79 Å². The van der Waals surface area contributed by atoms with Gasteiger partial charge in [0, 0.05) is 6.54 Å². The van der Waals surface area contributed by atoms with Crippen LogP contribution in [0.15, 0.2) is 18.2 Å². The van der Waals surface area contributed by atoms with E-state index in [0.29, 0.717) is 18.2 Å². The second kappa shape index (κ2) is 7.04. The predicted octanol–water partition coefficient (Wildman–Crippen LogP) is 1.88. The first-order chi connectivity index (χ1) is 11.9. The van der Waals surface area contributed by atoms with Gasteiger partial charge in [0.15, 0.2) is 12.3 Å². The molecule has 1 aromatic carbocycles. The lowest BCUT2D eigenvalue weighted by atomic mass is 10.1. The van der Waals surface area contributed by atoms with Gasteiger partial charge in [-0.1, -0.05) is 17.7 Å². The molecule has 0 bridgehead atoms. The van der Waals surface area contributed by atoms with Crippen molar-refractivity contribution in [3.63, 3.8) is 0 Å². The third-order valence-corrected chi connectivity index (χ3v) is 4.16. The van der Waals surface area contributed by atoms with Crippen LogP contribution in [0, 0.1) is 26.7 Å². The van der Waals surface area contributed by atoms with E-state index in [1.807, 2.05) is 32.0 Å². The molecular formula is C18H22N4O3. The number of ether oxygens (including phenoxy) is 1. The second-order valence-corrected chi connectivity index (χ2v) is 6.54. The van der Waals surface area contributed by atoms with E-state index in [-0.39, 0.29) is 18.2 Å². The summed E-state index contributed by atoms with van der Waals surface area (Å²) in [6.45, 7) is 6.01. The van der Waals surface area contributed by atoms with Gasteiger partial charge >= 0.3 is 5.97 Å². The number of aryl methyl sites for hydroxylation is 3. The molecule has 1 aliphatic carbocycles. The zero-order valence-electron chi connectivity index (χ0n) is 14.7. The maximum absolute atomic E-state index is 12.2. The molecule has 132 valence electrons. The van der Waals surface area contributed by atoms with Crippen molar-refractivity contribution in [2.75, 3.05) is 13.2 Å². The zero-order chi connectivity index (χ0) is 18.0. The SMILES string of the molecule is Cc1ccc(-n2nc(C)c(C(=O)OCC(=O)NCC3CC3)n2)c(C)c1. The molecule has 0 spiro atoms. The standard InChI is InChI=1S/C18H22N4O3/c1-11-4-7-15(12(2)8-11)22-20-13(3)17(21-22)18(24)25-10-16(23)19-9-14-5-6-14/h4,7-8,14H,5-6,9-10H2,1-3H3,(H,19,23). The number of esters is 1. The zero-order valence-corrected chi connectivity index (χ0v) is 14.7. The number of aromatic nitrogens is 3. The minimum absolute atomic E-state index is 0.120. The highest BCUT2D eigenvalue weighted by Crippen LogP contribution is 2.27. The third-order valence-electron chi connectivity index (χ3n) is 4.16. The summed E-state index contributed by atoms with van der Waals surface area (Å²) in [6, 6.07) is 5.89. The molecule has 25 heavy (non-hydrogen) atoms. The fourth-order valence-electron chi connectivity index (χ4n) is 2.54. The van der Waals surface area contributed by atoms with Crippen LogP contribution in [0.3, 0.4) is 0 Å². The average molecular weight is 342 g/mol. The van der Waals surface area contributed by atoms with Gasteiger partial charge in [0.2, 0.25) is 0 Å². The first-order valence-electron chi connectivity index (χ1n) is 8.39. The molecule has 0 atom stereocenters. The van der Waals surface area contributed by atoms with Crippen molar-refractivity contribution in [3.8, 4) is 5.69 Å². The minimum atomic E-state index is -0.643. The summed E-state index contributed by atoms with van der Waals surface area (Å²) < 4.78 is 5.06. The lowest BCUT2D eigenvalue weighted by Crippen LogP contribution is -2.30. The molecule has 1 saturated carbocycles. The van der Waals surface area contributed by atoms with Crippen LogP contribution in [0.5, 0.6) is 0 Å². The summed E-state index contributed by atoms with van der Waals surface area (Å²) in [4.78, 5) is 25.3. The quantitative estimate of drug-likeness (QED) is 0.810. The van der Waals surface area contributed by atoms with Gasteiger partial charge in [-0.15, -0.1) is 5.10 Å². The molecule has 7 nitrogen and oxygen atoms in total. The van der Waals surface area contributed by atoms with Crippen molar-refractivity contribution in [3.05, 3.63) is 40.7 Å². The Morgan fingerprint density at radius 1 is 1.24 bits per heavy atom. The molecule has 1 aliphatic rings. The topological polar surface area (TPSA) is 86.1 Å². The van der Waals surface area contributed by atoms with Crippen molar-refractivity contribution < 1.29 is 14.3 Å². The molecule has 3 rings (SSSR count). The molecular weight excluding hydrogens is 320 g/mol. The van der Waals surface area contributed by atoms with Gasteiger partial charge < -0.3 is 10.1 Å². The van der Waals surface area contributed by atoms with Gasteiger partial charge in [-0.2, -0.15) is 9.90 Å². The second-order valence-electron chi connectivity index (χ2n) is 6.54. The van der Waals surface area contributed by atoms with Crippen molar-refractivity contribution in [2.45, 2.75) is 33.6 Å². The van der Waals surface area contributed by atoms with Crippen LogP contribution in [0.1, 0.15) is 40.2 Å². The summed E-state index contributed by atoms with van der Waals surface area (Å²) in [6.07, 6.45) is 2.31. The lowest BCUT2D eigenvalue weighted by Gasteiger charge is -2.05. The largest absolute Gasteiger partial charge is 0.451 e. The highest BCUT2D eigenvalue weighted by Gasteiger charge is 2.23. The van der Waals surface area contributed by atoms with E-state index in [9.17, 15) is 9.59 Å². The Morgan fingerprint density at radius 2 is 2.00 bits per heavy atom. The first-order valence-corrected chi connectivity index (χ1v) is 8.39. The Balaban J connectivity index is 1.64. The lowest BCUT2D eigenvalue weighted by molar-refractivity contribution is -0.124. The number of amides is 1. The van der Waals surface area contributed by atoms with Gasteiger partial charge in [0.05, 0.1) is 11.4 Å².